The van der Waals surface area contributed by atoms with Gasteiger partial charge in [0.05, 0.1) is 5.92 Å². The summed E-state index contributed by atoms with van der Waals surface area (Å²) in [7, 11) is 0. The molecule has 1 aromatic rings. The van der Waals surface area contributed by atoms with Gasteiger partial charge in [0.2, 0.25) is 0 Å². The molecule has 8 heteroatoms. The normalized spacial score (nSPS) is 41.3. The number of fused-ring (bicyclic) bond motifs is 7. The second kappa shape index (κ2) is 10.9. The highest BCUT2D eigenvalue weighted by molar-refractivity contribution is 5.95. The lowest BCUT2D eigenvalue weighted by atomic mass is 9.39. The molecule has 0 bridgehead atoms. The minimum Gasteiger partial charge on any atom is -0.481 e. The summed E-state index contributed by atoms with van der Waals surface area (Å²) in [6.45, 7) is 11.4. The summed E-state index contributed by atoms with van der Waals surface area (Å²) in [5.74, 6) is 1.61. The average molecular weight is 571 g/mol. The van der Waals surface area contributed by atoms with Gasteiger partial charge in [-0.2, -0.15) is 0 Å². The van der Waals surface area contributed by atoms with Crippen LogP contribution in [0.4, 0.5) is 0 Å². The lowest BCUT2D eigenvalue weighted by Gasteiger charge is -2.65. The number of carbonyl (C=O) groups excluding carboxylic acids is 2. The topological polar surface area (TPSA) is 124 Å². The van der Waals surface area contributed by atoms with Gasteiger partial charge < -0.3 is 18.7 Å². The van der Waals surface area contributed by atoms with Crippen LogP contribution in [0.5, 0.6) is 0 Å². The van der Waals surface area contributed by atoms with Crippen LogP contribution in [0.25, 0.3) is 0 Å². The van der Waals surface area contributed by atoms with E-state index in [-0.39, 0.29) is 52.8 Å². The van der Waals surface area contributed by atoms with Crippen LogP contribution in [0.3, 0.4) is 0 Å². The molecule has 0 spiro atoms. The highest BCUT2D eigenvalue weighted by Gasteiger charge is 2.64. The summed E-state index contributed by atoms with van der Waals surface area (Å²) < 4.78 is 13.3. The Bertz CT molecular complexity index is 1270. The molecule has 4 saturated carbocycles. The van der Waals surface area contributed by atoms with Crippen LogP contribution >= 0.6 is 0 Å². The lowest BCUT2D eigenvalue weighted by molar-refractivity contribution is -0.159. The predicted molar refractivity (Wildman–Crippen MR) is 151 cm³/mol. The van der Waals surface area contributed by atoms with Crippen LogP contribution in [-0.2, 0) is 25.7 Å². The van der Waals surface area contributed by atoms with Gasteiger partial charge in [-0.15, -0.1) is 0 Å². The van der Waals surface area contributed by atoms with Crippen molar-refractivity contribution in [2.75, 3.05) is 0 Å². The van der Waals surface area contributed by atoms with E-state index in [1.54, 1.807) is 6.92 Å². The zero-order chi connectivity index (χ0) is 29.7. The van der Waals surface area contributed by atoms with E-state index in [9.17, 15) is 24.3 Å². The summed E-state index contributed by atoms with van der Waals surface area (Å²) in [6.07, 6.45) is 13.2. The maximum atomic E-state index is 13.9. The number of carboxylic acids is 1. The Morgan fingerprint density at radius 3 is 2.41 bits per heavy atom. The molecular weight excluding hydrogens is 524 g/mol. The SMILES string of the molecule is CC1CCCC2(C)C1CCC1(C)C3CCC4(C)CCC(C(=O)O)CC4C3=CC(=O)C12.Cc1oc(=O)oc1COC=O. The molecule has 226 valence electrons. The Labute approximate surface area is 242 Å². The quantitative estimate of drug-likeness (QED) is 0.408. The Morgan fingerprint density at radius 2 is 1.76 bits per heavy atom. The smallest absolute Gasteiger partial charge is 0.481 e. The number of hydrogen-bond donors (Lipinski definition) is 1. The molecule has 8 nitrogen and oxygen atoms in total. The zero-order valence-corrected chi connectivity index (χ0v) is 25.2. The average Bonchev–Trinajstić information content (AvgIpc) is 3.23. The molecule has 1 heterocycles. The van der Waals surface area contributed by atoms with E-state index in [0.717, 1.165) is 25.2 Å². The van der Waals surface area contributed by atoms with E-state index >= 15 is 0 Å². The molecule has 0 amide bonds. The fraction of sp³-hybridized carbons (Fsp3) is 0.758. The summed E-state index contributed by atoms with van der Waals surface area (Å²) in [5, 5.41) is 9.70. The number of hydrogen-bond acceptors (Lipinski definition) is 7. The molecule has 41 heavy (non-hydrogen) atoms. The van der Waals surface area contributed by atoms with Crippen molar-refractivity contribution >= 4 is 18.2 Å². The Hall–Kier alpha value is -2.64. The van der Waals surface area contributed by atoms with Crippen molar-refractivity contribution in [2.45, 2.75) is 105 Å². The van der Waals surface area contributed by atoms with E-state index in [2.05, 4.69) is 47.3 Å². The molecule has 5 aliphatic rings. The maximum Gasteiger partial charge on any atom is 0.519 e. The number of ether oxygens (including phenoxy) is 1. The molecule has 6 rings (SSSR count). The van der Waals surface area contributed by atoms with Crippen LogP contribution in [0.2, 0.25) is 0 Å². The zero-order valence-electron chi connectivity index (χ0n) is 25.2. The van der Waals surface area contributed by atoms with E-state index in [1.165, 1.54) is 50.5 Å². The predicted octanol–water partition coefficient (Wildman–Crippen LogP) is 6.49. The summed E-state index contributed by atoms with van der Waals surface area (Å²) >= 11 is 0. The van der Waals surface area contributed by atoms with Crippen molar-refractivity contribution < 1.29 is 33.1 Å². The van der Waals surface area contributed by atoms with Gasteiger partial charge in [-0.25, -0.2) is 4.79 Å². The molecule has 0 radical (unpaired) electrons. The highest BCUT2D eigenvalue weighted by atomic mass is 16.6. The largest absolute Gasteiger partial charge is 0.519 e. The number of carbonyl (C=O) groups is 3. The molecule has 5 aliphatic carbocycles. The third-order valence-corrected chi connectivity index (χ3v) is 12.3. The van der Waals surface area contributed by atoms with Crippen molar-refractivity contribution in [3.05, 3.63) is 33.8 Å². The van der Waals surface area contributed by atoms with Gasteiger partial charge in [0, 0.05) is 5.92 Å². The Balaban J connectivity index is 0.000000259. The van der Waals surface area contributed by atoms with E-state index < -0.39 is 11.8 Å². The summed E-state index contributed by atoms with van der Waals surface area (Å²) in [5.41, 5.74) is 1.73. The Kier molecular flexibility index (Phi) is 7.92. The minimum absolute atomic E-state index is 0.0565. The first-order valence-electron chi connectivity index (χ1n) is 15.5. The summed E-state index contributed by atoms with van der Waals surface area (Å²) in [6, 6.07) is 0. The standard InChI is InChI=1S/C27H40O3.C6H6O5/c1-16-6-5-10-26(3)19(16)9-13-27(4)20-8-12-25(2)11-7-17(24(29)30)14-21(25)18(20)15-22(28)23(26)27;1-4-5(2-9-3-7)11-6(8)10-4/h15-17,19-21,23H,5-14H2,1-4H3,(H,29,30);3H,2H2,1H3. The first kappa shape index (κ1) is 29.8. The number of ketones is 1. The van der Waals surface area contributed by atoms with Gasteiger partial charge in [0.15, 0.2) is 23.9 Å². The van der Waals surface area contributed by atoms with Crippen LogP contribution in [-0.4, -0.2) is 23.3 Å². The highest BCUT2D eigenvalue weighted by Crippen LogP contribution is 2.69. The van der Waals surface area contributed by atoms with Crippen molar-refractivity contribution in [1.82, 2.24) is 0 Å². The van der Waals surface area contributed by atoms with Crippen molar-refractivity contribution in [1.29, 1.82) is 0 Å². The molecule has 0 aromatic carbocycles. The third-order valence-electron chi connectivity index (χ3n) is 12.3. The van der Waals surface area contributed by atoms with Gasteiger partial charge in [-0.1, -0.05) is 46.1 Å². The third kappa shape index (κ3) is 5.03. The second-order valence-electron chi connectivity index (χ2n) is 14.5. The fourth-order valence-electron chi connectivity index (χ4n) is 10.3. The number of rotatable bonds is 4. The molecule has 0 aliphatic heterocycles. The number of carboxylic acid groups (broad SMARTS) is 1. The van der Waals surface area contributed by atoms with E-state index in [1.807, 2.05) is 0 Å². The van der Waals surface area contributed by atoms with Gasteiger partial charge in [-0.3, -0.25) is 14.4 Å². The molecule has 4 fully saturated rings. The number of aliphatic carboxylic acids is 1. The van der Waals surface area contributed by atoms with Crippen LogP contribution in [0.1, 0.15) is 103 Å². The molecule has 9 unspecified atom stereocenters. The number of allylic oxidation sites excluding steroid dienone is 2. The lowest BCUT2D eigenvalue weighted by Crippen LogP contribution is -2.60. The first-order chi connectivity index (χ1) is 19.3. The van der Waals surface area contributed by atoms with E-state index in [0.29, 0.717) is 23.4 Å². The van der Waals surface area contributed by atoms with Crippen molar-refractivity contribution in [2.24, 2.45) is 51.8 Å². The summed E-state index contributed by atoms with van der Waals surface area (Å²) in [4.78, 5) is 45.8. The van der Waals surface area contributed by atoms with Gasteiger partial charge in [0.1, 0.15) is 0 Å². The van der Waals surface area contributed by atoms with Gasteiger partial charge >= 0.3 is 11.8 Å². The molecule has 0 saturated heterocycles. The molecule has 1 aromatic heterocycles. The fourth-order valence-corrected chi connectivity index (χ4v) is 10.3. The van der Waals surface area contributed by atoms with Crippen molar-refractivity contribution in [3.63, 3.8) is 0 Å². The molecule has 1 N–H and O–H groups in total. The van der Waals surface area contributed by atoms with Crippen molar-refractivity contribution in [3.8, 4) is 0 Å². The molecular formula is C33H46O8. The second-order valence-corrected chi connectivity index (χ2v) is 14.5. The van der Waals surface area contributed by atoms with Crippen LogP contribution in [0, 0.1) is 58.7 Å². The Morgan fingerprint density at radius 1 is 1.02 bits per heavy atom. The maximum absolute atomic E-state index is 13.9. The van der Waals surface area contributed by atoms with E-state index in [4.69, 9.17) is 0 Å². The molecule has 9 atom stereocenters. The van der Waals surface area contributed by atoms with Crippen LogP contribution < -0.4 is 5.82 Å². The van der Waals surface area contributed by atoms with Gasteiger partial charge in [-0.05, 0) is 104 Å². The number of aryl methyl sites for hydroxylation is 1. The van der Waals surface area contributed by atoms with Crippen LogP contribution in [0.15, 0.2) is 25.3 Å². The first-order valence-corrected chi connectivity index (χ1v) is 15.5. The monoisotopic (exact) mass is 570 g/mol. The minimum atomic E-state index is -0.785. The van der Waals surface area contributed by atoms with Gasteiger partial charge in [0.25, 0.3) is 6.47 Å².